The summed E-state index contributed by atoms with van der Waals surface area (Å²) < 4.78 is 0. The molecule has 20 heavy (non-hydrogen) atoms. The standard InChI is InChI=1S/C16H26N2OS/c1-20-11-5-8-17-9-10-18(14-16(19)13-17)12-15-6-3-2-4-7-15/h2-4,6-7,16,19H,5,8-14H2,1H3. The van der Waals surface area contributed by atoms with Crippen molar-refractivity contribution >= 4 is 11.8 Å². The second-order valence-electron chi connectivity index (χ2n) is 5.52. The average molecular weight is 294 g/mol. The Hall–Kier alpha value is -0.550. The van der Waals surface area contributed by atoms with Gasteiger partial charge in [0.05, 0.1) is 6.10 Å². The van der Waals surface area contributed by atoms with Crippen molar-refractivity contribution < 1.29 is 5.11 Å². The summed E-state index contributed by atoms with van der Waals surface area (Å²) in [5.41, 5.74) is 1.33. The lowest BCUT2D eigenvalue weighted by Crippen LogP contribution is -2.34. The fourth-order valence-corrected chi connectivity index (χ4v) is 3.16. The maximum absolute atomic E-state index is 10.2. The van der Waals surface area contributed by atoms with Gasteiger partial charge in [0, 0.05) is 32.7 Å². The van der Waals surface area contributed by atoms with Crippen LogP contribution < -0.4 is 0 Å². The van der Waals surface area contributed by atoms with Gasteiger partial charge in [-0.25, -0.2) is 0 Å². The summed E-state index contributed by atoms with van der Waals surface area (Å²) in [6, 6.07) is 10.5. The zero-order valence-corrected chi connectivity index (χ0v) is 13.2. The first-order valence-electron chi connectivity index (χ1n) is 7.43. The molecule has 0 amide bonds. The Balaban J connectivity index is 1.82. The molecule has 4 heteroatoms. The van der Waals surface area contributed by atoms with E-state index in [-0.39, 0.29) is 6.10 Å². The molecule has 0 aromatic heterocycles. The van der Waals surface area contributed by atoms with Crippen molar-refractivity contribution in [2.24, 2.45) is 0 Å². The van der Waals surface area contributed by atoms with Gasteiger partial charge in [-0.05, 0) is 30.5 Å². The van der Waals surface area contributed by atoms with Crippen molar-refractivity contribution in [3.05, 3.63) is 35.9 Å². The van der Waals surface area contributed by atoms with E-state index in [9.17, 15) is 5.11 Å². The molecule has 1 aromatic carbocycles. The Labute approximate surface area is 127 Å². The van der Waals surface area contributed by atoms with Crippen molar-refractivity contribution in [3.8, 4) is 0 Å². The van der Waals surface area contributed by atoms with Crippen LogP contribution in [-0.4, -0.2) is 65.7 Å². The molecule has 1 unspecified atom stereocenters. The molecule has 0 aliphatic carbocycles. The molecule has 1 aliphatic rings. The number of nitrogens with zero attached hydrogens (tertiary/aromatic N) is 2. The molecule has 1 atom stereocenters. The van der Waals surface area contributed by atoms with Crippen LogP contribution in [0.5, 0.6) is 0 Å². The van der Waals surface area contributed by atoms with Crippen molar-refractivity contribution in [3.63, 3.8) is 0 Å². The summed E-state index contributed by atoms with van der Waals surface area (Å²) in [5, 5.41) is 10.2. The molecule has 2 rings (SSSR count). The lowest BCUT2D eigenvalue weighted by atomic mass is 10.2. The van der Waals surface area contributed by atoms with Gasteiger partial charge in [0.1, 0.15) is 0 Å². The first-order chi connectivity index (χ1) is 9.78. The van der Waals surface area contributed by atoms with Crippen molar-refractivity contribution in [1.82, 2.24) is 9.80 Å². The zero-order valence-electron chi connectivity index (χ0n) is 12.4. The van der Waals surface area contributed by atoms with Gasteiger partial charge in [-0.1, -0.05) is 30.3 Å². The number of aliphatic hydroxyl groups is 1. The summed E-state index contributed by atoms with van der Waals surface area (Å²) in [6.45, 7) is 5.77. The molecule has 0 saturated carbocycles. The molecule has 1 heterocycles. The quantitative estimate of drug-likeness (QED) is 0.811. The predicted molar refractivity (Wildman–Crippen MR) is 87.2 cm³/mol. The average Bonchev–Trinajstić information content (AvgIpc) is 2.62. The fourth-order valence-electron chi connectivity index (χ4n) is 2.74. The van der Waals surface area contributed by atoms with Crippen molar-refractivity contribution in [2.45, 2.75) is 19.1 Å². The van der Waals surface area contributed by atoms with Crippen LogP contribution in [0.3, 0.4) is 0 Å². The molecule has 1 fully saturated rings. The molecule has 3 nitrogen and oxygen atoms in total. The minimum absolute atomic E-state index is 0.226. The molecular formula is C16H26N2OS. The van der Waals surface area contributed by atoms with E-state index < -0.39 is 0 Å². The van der Waals surface area contributed by atoms with Gasteiger partial charge in [0.15, 0.2) is 0 Å². The maximum atomic E-state index is 10.2. The Bertz CT molecular complexity index is 374. The summed E-state index contributed by atoms with van der Waals surface area (Å²) in [7, 11) is 0. The Morgan fingerprint density at radius 2 is 1.85 bits per heavy atom. The van der Waals surface area contributed by atoms with E-state index in [1.54, 1.807) is 0 Å². The van der Waals surface area contributed by atoms with Crippen molar-refractivity contribution in [1.29, 1.82) is 0 Å². The van der Waals surface area contributed by atoms with E-state index in [1.807, 2.05) is 17.8 Å². The Morgan fingerprint density at radius 3 is 2.60 bits per heavy atom. The normalized spacial score (nSPS) is 21.8. The van der Waals surface area contributed by atoms with E-state index in [2.05, 4.69) is 40.3 Å². The highest BCUT2D eigenvalue weighted by Crippen LogP contribution is 2.10. The van der Waals surface area contributed by atoms with Gasteiger partial charge in [0.25, 0.3) is 0 Å². The highest BCUT2D eigenvalue weighted by atomic mass is 32.2. The zero-order chi connectivity index (χ0) is 14.2. The number of hydrogen-bond donors (Lipinski definition) is 1. The van der Waals surface area contributed by atoms with Gasteiger partial charge in [-0.15, -0.1) is 0 Å². The Morgan fingerprint density at radius 1 is 1.15 bits per heavy atom. The van der Waals surface area contributed by atoms with Crippen molar-refractivity contribution in [2.75, 3.05) is 44.7 Å². The van der Waals surface area contributed by atoms with E-state index >= 15 is 0 Å². The number of hydrogen-bond acceptors (Lipinski definition) is 4. The fraction of sp³-hybridized carbons (Fsp3) is 0.625. The van der Waals surface area contributed by atoms with Gasteiger partial charge in [-0.2, -0.15) is 11.8 Å². The van der Waals surface area contributed by atoms with Crippen LogP contribution in [0.2, 0.25) is 0 Å². The first-order valence-corrected chi connectivity index (χ1v) is 8.83. The van der Waals surface area contributed by atoms with Crippen LogP contribution in [0.1, 0.15) is 12.0 Å². The second-order valence-corrected chi connectivity index (χ2v) is 6.51. The lowest BCUT2D eigenvalue weighted by molar-refractivity contribution is 0.108. The second kappa shape index (κ2) is 8.67. The van der Waals surface area contributed by atoms with Crippen LogP contribution in [0.15, 0.2) is 30.3 Å². The minimum atomic E-state index is -0.226. The molecular weight excluding hydrogens is 268 g/mol. The van der Waals surface area contributed by atoms with Gasteiger partial charge in [0.2, 0.25) is 0 Å². The molecule has 0 bridgehead atoms. The van der Waals surface area contributed by atoms with Crippen LogP contribution in [0, 0.1) is 0 Å². The van der Waals surface area contributed by atoms with Crippen LogP contribution >= 0.6 is 11.8 Å². The predicted octanol–water partition coefficient (Wildman–Crippen LogP) is 1.92. The van der Waals surface area contributed by atoms with E-state index in [0.29, 0.717) is 0 Å². The topological polar surface area (TPSA) is 26.7 Å². The van der Waals surface area contributed by atoms with Crippen LogP contribution in [0.25, 0.3) is 0 Å². The van der Waals surface area contributed by atoms with Gasteiger partial charge < -0.3 is 5.11 Å². The smallest absolute Gasteiger partial charge is 0.0793 e. The monoisotopic (exact) mass is 294 g/mol. The number of thioether (sulfide) groups is 1. The third-order valence-corrected chi connectivity index (χ3v) is 4.44. The third kappa shape index (κ3) is 5.44. The first kappa shape index (κ1) is 15.8. The molecule has 0 radical (unpaired) electrons. The van der Waals surface area contributed by atoms with Gasteiger partial charge >= 0.3 is 0 Å². The molecule has 1 aliphatic heterocycles. The van der Waals surface area contributed by atoms with E-state index in [1.165, 1.54) is 17.7 Å². The Kier molecular flexibility index (Phi) is 6.87. The van der Waals surface area contributed by atoms with E-state index in [0.717, 1.165) is 39.3 Å². The lowest BCUT2D eigenvalue weighted by Gasteiger charge is -2.21. The molecule has 1 saturated heterocycles. The summed E-state index contributed by atoms with van der Waals surface area (Å²) in [6.07, 6.45) is 3.14. The highest BCUT2D eigenvalue weighted by molar-refractivity contribution is 7.98. The number of rotatable bonds is 6. The maximum Gasteiger partial charge on any atom is 0.0793 e. The largest absolute Gasteiger partial charge is 0.390 e. The van der Waals surface area contributed by atoms with Gasteiger partial charge in [-0.3, -0.25) is 9.80 Å². The van der Waals surface area contributed by atoms with Crippen LogP contribution in [0.4, 0.5) is 0 Å². The summed E-state index contributed by atoms with van der Waals surface area (Å²) in [4.78, 5) is 4.78. The number of aliphatic hydroxyl groups excluding tert-OH is 1. The number of benzene rings is 1. The molecule has 1 N–H and O–H groups in total. The third-order valence-electron chi connectivity index (χ3n) is 3.74. The minimum Gasteiger partial charge on any atom is -0.390 e. The molecule has 1 aromatic rings. The number of β-amino-alcohol motifs (C(OH)–C–C–N with tert-alkyl or cyclic N) is 1. The van der Waals surface area contributed by atoms with E-state index in [4.69, 9.17) is 0 Å². The van der Waals surface area contributed by atoms with Crippen LogP contribution in [-0.2, 0) is 6.54 Å². The summed E-state index contributed by atoms with van der Waals surface area (Å²) in [5.74, 6) is 1.21. The molecule has 112 valence electrons. The SMILES string of the molecule is CSCCCN1CCN(Cc2ccccc2)CC(O)C1. The molecule has 0 spiro atoms. The highest BCUT2D eigenvalue weighted by Gasteiger charge is 2.20. The summed E-state index contributed by atoms with van der Waals surface area (Å²) >= 11 is 1.90.